The number of rotatable bonds is 5. The molecule has 0 radical (unpaired) electrons. The van der Waals surface area contributed by atoms with Crippen molar-refractivity contribution in [3.63, 3.8) is 0 Å². The second-order valence-corrected chi connectivity index (χ2v) is 6.20. The molecule has 1 aromatic rings. The molecule has 1 aromatic carbocycles. The van der Waals surface area contributed by atoms with Crippen LogP contribution in [0.1, 0.15) is 31.7 Å². The Morgan fingerprint density at radius 1 is 1.32 bits per heavy atom. The number of nitrogens with one attached hydrogen (secondary N) is 1. The van der Waals surface area contributed by atoms with Crippen molar-refractivity contribution >= 4 is 15.9 Å². The molecule has 2 rings (SSSR count). The molecule has 0 bridgehead atoms. The third-order valence-corrected chi connectivity index (χ3v) is 4.41. The number of hydrogen-bond acceptors (Lipinski definition) is 2. The molecule has 1 aliphatic rings. The van der Waals surface area contributed by atoms with Gasteiger partial charge in [-0.05, 0) is 45.0 Å². The van der Waals surface area contributed by atoms with E-state index in [4.69, 9.17) is 0 Å². The van der Waals surface area contributed by atoms with Crippen LogP contribution in [0.2, 0.25) is 0 Å². The van der Waals surface area contributed by atoms with Gasteiger partial charge >= 0.3 is 0 Å². The Kier molecular flexibility index (Phi) is 5.79. The quantitative estimate of drug-likeness (QED) is 0.889. The molecule has 106 valence electrons. The van der Waals surface area contributed by atoms with Crippen LogP contribution in [0.25, 0.3) is 0 Å². The normalized spacial score (nSPS) is 18.5. The Hall–Kier alpha value is -0.450. The molecular weight excluding hydrogens is 307 g/mol. The fourth-order valence-electron chi connectivity index (χ4n) is 2.57. The Balaban J connectivity index is 1.81. The van der Waals surface area contributed by atoms with E-state index in [-0.39, 0.29) is 5.82 Å². The summed E-state index contributed by atoms with van der Waals surface area (Å²) in [6, 6.07) is 5.50. The minimum Gasteiger partial charge on any atom is -0.309 e. The zero-order valence-corrected chi connectivity index (χ0v) is 13.0. The molecular formula is C15H22BrFN2. The summed E-state index contributed by atoms with van der Waals surface area (Å²) in [4.78, 5) is 2.50. The van der Waals surface area contributed by atoms with Crippen LogP contribution in [0.3, 0.4) is 0 Å². The number of benzene rings is 1. The molecule has 19 heavy (non-hydrogen) atoms. The van der Waals surface area contributed by atoms with E-state index in [9.17, 15) is 4.39 Å². The van der Waals surface area contributed by atoms with Gasteiger partial charge in [-0.2, -0.15) is 0 Å². The van der Waals surface area contributed by atoms with Crippen molar-refractivity contribution in [1.29, 1.82) is 0 Å². The summed E-state index contributed by atoms with van der Waals surface area (Å²) in [7, 11) is 0. The fourth-order valence-corrected chi connectivity index (χ4v) is 3.05. The van der Waals surface area contributed by atoms with E-state index < -0.39 is 0 Å². The summed E-state index contributed by atoms with van der Waals surface area (Å²) in [5.41, 5.74) is 0.716. The predicted octanol–water partition coefficient (Wildman–Crippen LogP) is 3.55. The maximum Gasteiger partial charge on any atom is 0.128 e. The molecule has 1 N–H and O–H groups in total. The molecule has 1 atom stereocenters. The monoisotopic (exact) mass is 328 g/mol. The third kappa shape index (κ3) is 4.55. The molecule has 0 saturated carbocycles. The van der Waals surface area contributed by atoms with Gasteiger partial charge in [0.2, 0.25) is 0 Å². The van der Waals surface area contributed by atoms with Crippen molar-refractivity contribution in [2.45, 2.75) is 38.8 Å². The van der Waals surface area contributed by atoms with Crippen molar-refractivity contribution in [1.82, 2.24) is 10.2 Å². The summed E-state index contributed by atoms with van der Waals surface area (Å²) in [5.74, 6) is -0.146. The summed E-state index contributed by atoms with van der Waals surface area (Å²) < 4.78 is 14.5. The Bertz CT molecular complexity index is 385. The van der Waals surface area contributed by atoms with Gasteiger partial charge in [-0.1, -0.05) is 28.4 Å². The summed E-state index contributed by atoms with van der Waals surface area (Å²) >= 11 is 3.41. The van der Waals surface area contributed by atoms with Gasteiger partial charge in [0.25, 0.3) is 0 Å². The first kappa shape index (κ1) is 14.9. The lowest BCUT2D eigenvalue weighted by Gasteiger charge is -2.29. The smallest absolute Gasteiger partial charge is 0.128 e. The van der Waals surface area contributed by atoms with Crippen LogP contribution < -0.4 is 5.32 Å². The average Bonchev–Trinajstić information content (AvgIpc) is 2.39. The molecule has 0 aliphatic carbocycles. The van der Waals surface area contributed by atoms with Crippen LogP contribution >= 0.6 is 15.9 Å². The van der Waals surface area contributed by atoms with E-state index >= 15 is 0 Å². The number of nitrogens with zero attached hydrogens (tertiary/aromatic N) is 1. The van der Waals surface area contributed by atoms with Crippen LogP contribution in [-0.2, 0) is 6.54 Å². The van der Waals surface area contributed by atoms with E-state index in [2.05, 4.69) is 33.1 Å². The topological polar surface area (TPSA) is 15.3 Å². The SMILES string of the molecule is CC(CN1CCCCC1)NCc1c(F)cccc1Br. The van der Waals surface area contributed by atoms with Crippen molar-refractivity contribution < 1.29 is 4.39 Å². The average molecular weight is 329 g/mol. The van der Waals surface area contributed by atoms with Gasteiger partial charge in [-0.15, -0.1) is 0 Å². The number of hydrogen-bond donors (Lipinski definition) is 1. The Labute approximate surface area is 123 Å². The number of likely N-dealkylation sites (tertiary alicyclic amines) is 1. The highest BCUT2D eigenvalue weighted by atomic mass is 79.9. The minimum atomic E-state index is -0.146. The van der Waals surface area contributed by atoms with Gasteiger partial charge in [0.1, 0.15) is 5.82 Å². The molecule has 1 fully saturated rings. The van der Waals surface area contributed by atoms with Crippen LogP contribution in [0.5, 0.6) is 0 Å². The Morgan fingerprint density at radius 3 is 2.74 bits per heavy atom. The van der Waals surface area contributed by atoms with Gasteiger partial charge < -0.3 is 10.2 Å². The van der Waals surface area contributed by atoms with Crippen LogP contribution in [0.4, 0.5) is 4.39 Å². The standard InChI is InChI=1S/C15H22BrFN2/c1-12(11-19-8-3-2-4-9-19)18-10-13-14(16)6-5-7-15(13)17/h5-7,12,18H,2-4,8-11H2,1H3. The highest BCUT2D eigenvalue weighted by molar-refractivity contribution is 9.10. The zero-order chi connectivity index (χ0) is 13.7. The first-order chi connectivity index (χ1) is 9.16. The molecule has 0 spiro atoms. The third-order valence-electron chi connectivity index (χ3n) is 3.67. The largest absolute Gasteiger partial charge is 0.309 e. The lowest BCUT2D eigenvalue weighted by atomic mass is 10.1. The number of piperidine rings is 1. The predicted molar refractivity (Wildman–Crippen MR) is 80.7 cm³/mol. The van der Waals surface area contributed by atoms with E-state index in [1.807, 2.05) is 6.07 Å². The Morgan fingerprint density at radius 2 is 2.05 bits per heavy atom. The maximum atomic E-state index is 13.7. The van der Waals surface area contributed by atoms with Crippen molar-refractivity contribution in [2.75, 3.05) is 19.6 Å². The molecule has 2 nitrogen and oxygen atoms in total. The molecule has 1 aliphatic heterocycles. The summed E-state index contributed by atoms with van der Waals surface area (Å²) in [6.45, 7) is 6.20. The van der Waals surface area contributed by atoms with Gasteiger partial charge in [0.15, 0.2) is 0 Å². The van der Waals surface area contributed by atoms with E-state index in [1.54, 1.807) is 6.07 Å². The maximum absolute atomic E-state index is 13.7. The molecule has 0 aromatic heterocycles. The summed E-state index contributed by atoms with van der Waals surface area (Å²) in [6.07, 6.45) is 3.98. The molecule has 1 unspecified atom stereocenters. The van der Waals surface area contributed by atoms with Gasteiger partial charge in [0.05, 0.1) is 0 Å². The van der Waals surface area contributed by atoms with E-state index in [0.717, 1.165) is 11.0 Å². The van der Waals surface area contributed by atoms with Crippen molar-refractivity contribution in [2.24, 2.45) is 0 Å². The molecule has 4 heteroatoms. The second-order valence-electron chi connectivity index (χ2n) is 5.34. The van der Waals surface area contributed by atoms with Gasteiger partial charge in [0, 0.05) is 29.2 Å². The zero-order valence-electron chi connectivity index (χ0n) is 11.5. The first-order valence-electron chi connectivity index (χ1n) is 7.05. The van der Waals surface area contributed by atoms with Gasteiger partial charge in [-0.3, -0.25) is 0 Å². The van der Waals surface area contributed by atoms with Crippen LogP contribution in [0.15, 0.2) is 22.7 Å². The highest BCUT2D eigenvalue weighted by Gasteiger charge is 2.14. The molecule has 1 heterocycles. The molecule has 1 saturated heterocycles. The highest BCUT2D eigenvalue weighted by Crippen LogP contribution is 2.19. The first-order valence-corrected chi connectivity index (χ1v) is 7.85. The van der Waals surface area contributed by atoms with E-state index in [0.29, 0.717) is 18.2 Å². The van der Waals surface area contributed by atoms with Crippen molar-refractivity contribution in [3.8, 4) is 0 Å². The second kappa shape index (κ2) is 7.36. The van der Waals surface area contributed by atoms with Crippen LogP contribution in [0, 0.1) is 5.82 Å². The number of halogens is 2. The lowest BCUT2D eigenvalue weighted by molar-refractivity contribution is 0.208. The minimum absolute atomic E-state index is 0.146. The van der Waals surface area contributed by atoms with E-state index in [1.165, 1.54) is 38.4 Å². The van der Waals surface area contributed by atoms with Crippen LogP contribution in [-0.4, -0.2) is 30.6 Å². The molecule has 0 amide bonds. The summed E-state index contributed by atoms with van der Waals surface area (Å²) in [5, 5.41) is 3.42. The van der Waals surface area contributed by atoms with Gasteiger partial charge in [-0.25, -0.2) is 4.39 Å². The fraction of sp³-hybridized carbons (Fsp3) is 0.600. The van der Waals surface area contributed by atoms with Crippen molar-refractivity contribution in [3.05, 3.63) is 34.1 Å². The lowest BCUT2D eigenvalue weighted by Crippen LogP contribution is -2.41.